The first-order chi connectivity index (χ1) is 16.9. The Morgan fingerprint density at radius 1 is 1.03 bits per heavy atom. The molecule has 1 heterocycles. The van der Waals surface area contributed by atoms with E-state index in [-0.39, 0.29) is 5.91 Å². The SMILES string of the molecule is CCOc1ccc(-c2coc3c(C)c(OC)c(/C(C)=C/C(=O)Nc4cccc(OC)c4)cc23)cc1. The van der Waals surface area contributed by atoms with Gasteiger partial charge in [-0.15, -0.1) is 0 Å². The number of ether oxygens (including phenoxy) is 3. The van der Waals surface area contributed by atoms with Crippen LogP contribution in [-0.4, -0.2) is 26.7 Å². The van der Waals surface area contributed by atoms with Crippen molar-refractivity contribution in [1.29, 1.82) is 0 Å². The molecule has 0 atom stereocenters. The van der Waals surface area contributed by atoms with Crippen molar-refractivity contribution in [3.8, 4) is 28.4 Å². The molecule has 0 saturated carbocycles. The van der Waals surface area contributed by atoms with Crippen molar-refractivity contribution >= 4 is 28.1 Å². The van der Waals surface area contributed by atoms with Crippen molar-refractivity contribution in [1.82, 2.24) is 0 Å². The molecule has 0 aliphatic heterocycles. The molecule has 6 nitrogen and oxygen atoms in total. The van der Waals surface area contributed by atoms with Crippen molar-refractivity contribution in [2.45, 2.75) is 20.8 Å². The van der Waals surface area contributed by atoms with Gasteiger partial charge in [0.15, 0.2) is 0 Å². The van der Waals surface area contributed by atoms with Crippen molar-refractivity contribution in [2.75, 3.05) is 26.1 Å². The average Bonchev–Trinajstić information content (AvgIpc) is 3.29. The summed E-state index contributed by atoms with van der Waals surface area (Å²) in [5, 5.41) is 3.84. The molecule has 0 aliphatic rings. The number of methoxy groups -OCH3 is 2. The van der Waals surface area contributed by atoms with E-state index in [2.05, 4.69) is 5.32 Å². The molecule has 1 amide bonds. The largest absolute Gasteiger partial charge is 0.497 e. The zero-order chi connectivity index (χ0) is 24.9. The van der Waals surface area contributed by atoms with Gasteiger partial charge in [0, 0.05) is 39.9 Å². The highest BCUT2D eigenvalue weighted by Gasteiger charge is 2.19. The number of benzene rings is 3. The van der Waals surface area contributed by atoms with Gasteiger partial charge in [0.1, 0.15) is 22.8 Å². The van der Waals surface area contributed by atoms with Crippen LogP contribution in [0.4, 0.5) is 5.69 Å². The summed E-state index contributed by atoms with van der Waals surface area (Å²) in [6.07, 6.45) is 3.32. The number of furan rings is 1. The molecule has 4 aromatic rings. The van der Waals surface area contributed by atoms with Gasteiger partial charge in [-0.25, -0.2) is 0 Å². The lowest BCUT2D eigenvalue weighted by Crippen LogP contribution is -2.08. The van der Waals surface area contributed by atoms with E-state index in [4.69, 9.17) is 18.6 Å². The number of nitrogens with one attached hydrogen (secondary N) is 1. The summed E-state index contributed by atoms with van der Waals surface area (Å²) in [6, 6.07) is 17.2. The minimum Gasteiger partial charge on any atom is -0.497 e. The molecular weight excluding hydrogens is 442 g/mol. The Morgan fingerprint density at radius 3 is 2.49 bits per heavy atom. The number of carbonyl (C=O) groups excluding carboxylic acids is 1. The molecule has 0 aliphatic carbocycles. The number of hydrogen-bond donors (Lipinski definition) is 1. The van der Waals surface area contributed by atoms with Crippen LogP contribution in [-0.2, 0) is 4.79 Å². The van der Waals surface area contributed by atoms with Crippen LogP contribution in [0.15, 0.2) is 71.4 Å². The summed E-state index contributed by atoms with van der Waals surface area (Å²) in [5.74, 6) is 1.93. The normalized spacial score (nSPS) is 11.4. The van der Waals surface area contributed by atoms with Crippen LogP contribution in [0.25, 0.3) is 27.7 Å². The standard InChI is InChI=1S/C29H29NO5/c1-6-34-22-12-10-20(11-13-22)26-17-35-29-19(3)28(33-5)24(16-25(26)29)18(2)14-27(31)30-21-8-7-9-23(15-21)32-4/h7-17H,6H2,1-5H3,(H,30,31)/b18-14+. The molecule has 3 aromatic carbocycles. The zero-order valence-corrected chi connectivity index (χ0v) is 20.6. The molecule has 180 valence electrons. The summed E-state index contributed by atoms with van der Waals surface area (Å²) >= 11 is 0. The van der Waals surface area contributed by atoms with E-state index in [0.717, 1.165) is 44.5 Å². The highest BCUT2D eigenvalue weighted by Crippen LogP contribution is 2.40. The van der Waals surface area contributed by atoms with Crippen LogP contribution >= 0.6 is 0 Å². The van der Waals surface area contributed by atoms with Gasteiger partial charge in [-0.1, -0.05) is 18.2 Å². The van der Waals surface area contributed by atoms with Crippen LogP contribution in [0.2, 0.25) is 0 Å². The molecule has 35 heavy (non-hydrogen) atoms. The van der Waals surface area contributed by atoms with Gasteiger partial charge in [0.25, 0.3) is 0 Å². The van der Waals surface area contributed by atoms with Gasteiger partial charge < -0.3 is 23.9 Å². The topological polar surface area (TPSA) is 69.9 Å². The Hall–Kier alpha value is -4.19. The lowest BCUT2D eigenvalue weighted by atomic mass is 9.96. The van der Waals surface area contributed by atoms with Crippen molar-refractivity contribution in [3.05, 3.63) is 78.1 Å². The van der Waals surface area contributed by atoms with Gasteiger partial charge in [0.05, 0.1) is 27.1 Å². The van der Waals surface area contributed by atoms with Gasteiger partial charge in [-0.2, -0.15) is 0 Å². The average molecular weight is 472 g/mol. The summed E-state index contributed by atoms with van der Waals surface area (Å²) in [6.45, 7) is 6.43. The number of allylic oxidation sites excluding steroid dienone is 1. The van der Waals surface area contributed by atoms with Crippen LogP contribution < -0.4 is 19.5 Å². The second-order valence-electron chi connectivity index (χ2n) is 8.11. The third-order valence-electron chi connectivity index (χ3n) is 5.83. The van der Waals surface area contributed by atoms with Crippen molar-refractivity contribution in [3.63, 3.8) is 0 Å². The zero-order valence-electron chi connectivity index (χ0n) is 20.6. The van der Waals surface area contributed by atoms with Crippen LogP contribution in [0.3, 0.4) is 0 Å². The summed E-state index contributed by atoms with van der Waals surface area (Å²) in [5.41, 5.74) is 5.85. The minimum absolute atomic E-state index is 0.241. The molecular formula is C29H29NO5. The Bertz CT molecular complexity index is 1380. The highest BCUT2D eigenvalue weighted by atomic mass is 16.5. The molecule has 1 N–H and O–H groups in total. The Balaban J connectivity index is 1.71. The molecule has 0 saturated heterocycles. The van der Waals surface area contributed by atoms with Crippen LogP contribution in [0, 0.1) is 6.92 Å². The molecule has 0 spiro atoms. The van der Waals surface area contributed by atoms with Crippen LogP contribution in [0.1, 0.15) is 25.0 Å². The van der Waals surface area contributed by atoms with E-state index in [0.29, 0.717) is 23.8 Å². The summed E-state index contributed by atoms with van der Waals surface area (Å²) in [4.78, 5) is 12.8. The minimum atomic E-state index is -0.241. The summed E-state index contributed by atoms with van der Waals surface area (Å²) < 4.78 is 22.5. The fourth-order valence-corrected chi connectivity index (χ4v) is 4.15. The third-order valence-corrected chi connectivity index (χ3v) is 5.83. The molecule has 0 bridgehead atoms. The van der Waals surface area contributed by atoms with Gasteiger partial charge in [0.2, 0.25) is 5.91 Å². The fourth-order valence-electron chi connectivity index (χ4n) is 4.15. The van der Waals surface area contributed by atoms with Crippen molar-refractivity contribution in [2.24, 2.45) is 0 Å². The van der Waals surface area contributed by atoms with Gasteiger partial charge in [-0.3, -0.25) is 4.79 Å². The number of hydrogen-bond acceptors (Lipinski definition) is 5. The van der Waals surface area contributed by atoms with E-state index in [1.807, 2.05) is 69.3 Å². The maximum Gasteiger partial charge on any atom is 0.248 e. The smallest absolute Gasteiger partial charge is 0.248 e. The van der Waals surface area contributed by atoms with Gasteiger partial charge >= 0.3 is 0 Å². The first-order valence-electron chi connectivity index (χ1n) is 11.4. The highest BCUT2D eigenvalue weighted by molar-refractivity contribution is 6.06. The number of rotatable bonds is 8. The first kappa shape index (κ1) is 24.0. The van der Waals surface area contributed by atoms with E-state index in [9.17, 15) is 4.79 Å². The number of fused-ring (bicyclic) bond motifs is 1. The molecule has 4 rings (SSSR count). The predicted molar refractivity (Wildman–Crippen MR) is 139 cm³/mol. The Labute approximate surface area is 205 Å². The molecule has 0 unspecified atom stereocenters. The predicted octanol–water partition coefficient (Wildman–Crippen LogP) is 6.87. The lowest BCUT2D eigenvalue weighted by molar-refractivity contribution is -0.111. The second kappa shape index (κ2) is 10.4. The maximum absolute atomic E-state index is 12.8. The van der Waals surface area contributed by atoms with Crippen molar-refractivity contribution < 1.29 is 23.4 Å². The number of aryl methyl sites for hydroxylation is 1. The van der Waals surface area contributed by atoms with Crippen LogP contribution in [0.5, 0.6) is 17.2 Å². The molecule has 0 radical (unpaired) electrons. The third kappa shape index (κ3) is 5.01. The second-order valence-corrected chi connectivity index (χ2v) is 8.11. The van der Waals surface area contributed by atoms with E-state index >= 15 is 0 Å². The van der Waals surface area contributed by atoms with E-state index < -0.39 is 0 Å². The Morgan fingerprint density at radius 2 is 1.80 bits per heavy atom. The first-order valence-corrected chi connectivity index (χ1v) is 11.4. The van der Waals surface area contributed by atoms with E-state index in [1.54, 1.807) is 32.6 Å². The fraction of sp³-hybridized carbons (Fsp3) is 0.207. The monoisotopic (exact) mass is 471 g/mol. The maximum atomic E-state index is 12.8. The molecule has 6 heteroatoms. The lowest BCUT2D eigenvalue weighted by Gasteiger charge is -2.13. The molecule has 0 fully saturated rings. The van der Waals surface area contributed by atoms with Gasteiger partial charge in [-0.05, 0) is 62.2 Å². The number of amides is 1. The number of carbonyl (C=O) groups is 1. The van der Waals surface area contributed by atoms with E-state index in [1.165, 1.54) is 0 Å². The quantitative estimate of drug-likeness (QED) is 0.284. The number of anilines is 1. The summed E-state index contributed by atoms with van der Waals surface area (Å²) in [7, 11) is 3.21. The Kier molecular flexibility index (Phi) is 7.11. The molecule has 1 aromatic heterocycles.